The molecule has 0 saturated heterocycles. The van der Waals surface area contributed by atoms with Crippen LogP contribution in [0.1, 0.15) is 54.4 Å². The lowest BCUT2D eigenvalue weighted by atomic mass is 9.84. The number of esters is 1. The molecule has 1 amide bonds. The Hall–Kier alpha value is -1.30. The van der Waals surface area contributed by atoms with Crippen LogP contribution in [0.2, 0.25) is 0 Å². The lowest BCUT2D eigenvalue weighted by molar-refractivity contribution is -0.169. The zero-order chi connectivity index (χ0) is 16.7. The third-order valence-electron chi connectivity index (χ3n) is 3.14. The molecule has 0 saturated carbocycles. The van der Waals surface area contributed by atoms with Gasteiger partial charge < -0.3 is 19.9 Å². The van der Waals surface area contributed by atoms with E-state index in [0.29, 0.717) is 19.4 Å². The molecule has 0 bridgehead atoms. The van der Waals surface area contributed by atoms with Crippen LogP contribution < -0.4 is 5.32 Å². The van der Waals surface area contributed by atoms with Gasteiger partial charge in [-0.3, -0.25) is 0 Å². The Morgan fingerprint density at radius 1 is 1.19 bits per heavy atom. The van der Waals surface area contributed by atoms with E-state index in [2.05, 4.69) is 5.32 Å². The van der Waals surface area contributed by atoms with Crippen LogP contribution in [0.4, 0.5) is 4.79 Å². The topological polar surface area (TPSA) is 84.9 Å². The second-order valence-electron chi connectivity index (χ2n) is 6.19. The largest absolute Gasteiger partial charge is 0.464 e. The van der Waals surface area contributed by atoms with E-state index < -0.39 is 23.3 Å². The quantitative estimate of drug-likeness (QED) is 0.705. The number of hydrogen-bond acceptors (Lipinski definition) is 5. The molecule has 124 valence electrons. The molecule has 0 fully saturated rings. The van der Waals surface area contributed by atoms with Gasteiger partial charge in [-0.1, -0.05) is 6.92 Å². The number of carbonyl (C=O) groups is 2. The van der Waals surface area contributed by atoms with Gasteiger partial charge in [-0.05, 0) is 53.4 Å². The number of nitrogens with one attached hydrogen (secondary N) is 1. The third-order valence-corrected chi connectivity index (χ3v) is 3.14. The minimum absolute atomic E-state index is 0.224. The Morgan fingerprint density at radius 2 is 1.76 bits per heavy atom. The highest BCUT2D eigenvalue weighted by Crippen LogP contribution is 2.25. The van der Waals surface area contributed by atoms with Gasteiger partial charge in [-0.25, -0.2) is 9.59 Å². The van der Waals surface area contributed by atoms with Crippen molar-refractivity contribution in [1.29, 1.82) is 0 Å². The lowest BCUT2D eigenvalue weighted by Gasteiger charge is -2.30. The summed E-state index contributed by atoms with van der Waals surface area (Å²) in [6.07, 6.45) is 0.553. The van der Waals surface area contributed by atoms with E-state index in [1.54, 1.807) is 27.7 Å². The van der Waals surface area contributed by atoms with Crippen molar-refractivity contribution in [1.82, 2.24) is 5.32 Å². The molecule has 6 nitrogen and oxygen atoms in total. The minimum atomic E-state index is -1.56. The molecule has 0 aliphatic carbocycles. The highest BCUT2D eigenvalue weighted by Gasteiger charge is 2.39. The smallest absolute Gasteiger partial charge is 0.407 e. The van der Waals surface area contributed by atoms with Crippen LogP contribution >= 0.6 is 0 Å². The first-order chi connectivity index (χ1) is 9.54. The van der Waals surface area contributed by atoms with Gasteiger partial charge in [0.25, 0.3) is 0 Å². The summed E-state index contributed by atoms with van der Waals surface area (Å²) in [6, 6.07) is 0. The summed E-state index contributed by atoms with van der Waals surface area (Å²) in [5, 5.41) is 12.9. The molecule has 0 spiro atoms. The molecule has 6 heteroatoms. The molecule has 2 unspecified atom stereocenters. The second kappa shape index (κ2) is 8.22. The zero-order valence-electron chi connectivity index (χ0n) is 14.0. The fourth-order valence-electron chi connectivity index (χ4n) is 1.99. The van der Waals surface area contributed by atoms with Gasteiger partial charge in [-0.15, -0.1) is 0 Å². The van der Waals surface area contributed by atoms with Gasteiger partial charge in [0.2, 0.25) is 0 Å². The summed E-state index contributed by atoms with van der Waals surface area (Å²) >= 11 is 0. The van der Waals surface area contributed by atoms with E-state index in [1.165, 1.54) is 6.92 Å². The van der Waals surface area contributed by atoms with Gasteiger partial charge in [0.1, 0.15) is 5.60 Å². The van der Waals surface area contributed by atoms with Crippen molar-refractivity contribution < 1.29 is 24.2 Å². The molecule has 0 aromatic carbocycles. The van der Waals surface area contributed by atoms with E-state index >= 15 is 0 Å². The summed E-state index contributed by atoms with van der Waals surface area (Å²) in [5.41, 5.74) is -2.11. The van der Waals surface area contributed by atoms with E-state index in [1.807, 2.05) is 6.92 Å². The Labute approximate surface area is 127 Å². The second-order valence-corrected chi connectivity index (χ2v) is 6.19. The van der Waals surface area contributed by atoms with Crippen LogP contribution in [0.3, 0.4) is 0 Å². The predicted octanol–water partition coefficient (Wildman–Crippen LogP) is 2.24. The average molecular weight is 303 g/mol. The molecule has 0 aliphatic heterocycles. The number of aliphatic hydroxyl groups is 1. The lowest BCUT2D eigenvalue weighted by Crippen LogP contribution is -2.45. The van der Waals surface area contributed by atoms with Gasteiger partial charge >= 0.3 is 12.1 Å². The summed E-state index contributed by atoms with van der Waals surface area (Å²) < 4.78 is 10.0. The first-order valence-electron chi connectivity index (χ1n) is 7.41. The SMILES string of the molecule is CCOC(=O)C(C)(O)C(CC)CCNC(=O)OC(C)(C)C. The standard InChI is InChI=1S/C15H29NO5/c1-7-11(15(6,19)12(17)20-8-2)9-10-16-13(18)21-14(3,4)5/h11,19H,7-10H2,1-6H3,(H,16,18). The highest BCUT2D eigenvalue weighted by atomic mass is 16.6. The van der Waals surface area contributed by atoms with Crippen molar-refractivity contribution in [2.24, 2.45) is 5.92 Å². The van der Waals surface area contributed by atoms with Crippen molar-refractivity contribution in [3.8, 4) is 0 Å². The number of ether oxygens (including phenoxy) is 2. The van der Waals surface area contributed by atoms with Crippen LogP contribution in [-0.2, 0) is 14.3 Å². The van der Waals surface area contributed by atoms with Crippen molar-refractivity contribution in [2.75, 3.05) is 13.2 Å². The molecule has 2 atom stereocenters. The molecule has 0 radical (unpaired) electrons. The summed E-state index contributed by atoms with van der Waals surface area (Å²) in [4.78, 5) is 23.3. The molecular formula is C15H29NO5. The van der Waals surface area contributed by atoms with Crippen LogP contribution in [0.25, 0.3) is 0 Å². The summed E-state index contributed by atoms with van der Waals surface area (Å²) in [7, 11) is 0. The predicted molar refractivity (Wildman–Crippen MR) is 79.9 cm³/mol. The molecule has 0 aliphatic rings. The first-order valence-corrected chi connectivity index (χ1v) is 7.41. The van der Waals surface area contributed by atoms with E-state index in [-0.39, 0.29) is 12.5 Å². The van der Waals surface area contributed by atoms with Crippen molar-refractivity contribution in [3.63, 3.8) is 0 Å². The molecular weight excluding hydrogens is 274 g/mol. The molecule has 2 N–H and O–H groups in total. The maximum Gasteiger partial charge on any atom is 0.407 e. The Morgan fingerprint density at radius 3 is 2.19 bits per heavy atom. The third kappa shape index (κ3) is 7.32. The number of hydrogen-bond donors (Lipinski definition) is 2. The zero-order valence-corrected chi connectivity index (χ0v) is 14.0. The number of alkyl carbamates (subject to hydrolysis) is 1. The summed E-state index contributed by atoms with van der Waals surface area (Å²) in [6.45, 7) is 10.9. The fourth-order valence-corrected chi connectivity index (χ4v) is 1.99. The molecule has 0 aromatic heterocycles. The normalized spacial score (nSPS) is 15.8. The van der Waals surface area contributed by atoms with Crippen molar-refractivity contribution in [3.05, 3.63) is 0 Å². The Bertz CT molecular complexity index is 346. The monoisotopic (exact) mass is 303 g/mol. The summed E-state index contributed by atoms with van der Waals surface area (Å²) in [5.74, 6) is -0.930. The number of carbonyl (C=O) groups excluding carboxylic acids is 2. The Kier molecular flexibility index (Phi) is 7.71. The van der Waals surface area contributed by atoms with Crippen molar-refractivity contribution in [2.45, 2.75) is 65.6 Å². The van der Waals surface area contributed by atoms with Gasteiger partial charge in [-0.2, -0.15) is 0 Å². The highest BCUT2D eigenvalue weighted by molar-refractivity contribution is 5.79. The Balaban J connectivity index is 4.39. The van der Waals surface area contributed by atoms with E-state index in [9.17, 15) is 14.7 Å². The molecule has 0 heterocycles. The van der Waals surface area contributed by atoms with Gasteiger partial charge in [0.15, 0.2) is 5.60 Å². The van der Waals surface area contributed by atoms with Crippen LogP contribution in [0, 0.1) is 5.92 Å². The fraction of sp³-hybridized carbons (Fsp3) is 0.867. The molecule has 0 aromatic rings. The minimum Gasteiger partial charge on any atom is -0.464 e. The van der Waals surface area contributed by atoms with Crippen LogP contribution in [0.5, 0.6) is 0 Å². The van der Waals surface area contributed by atoms with E-state index in [0.717, 1.165) is 0 Å². The number of rotatable bonds is 7. The van der Waals surface area contributed by atoms with Crippen LogP contribution in [-0.4, -0.2) is 41.5 Å². The maximum absolute atomic E-state index is 11.8. The van der Waals surface area contributed by atoms with Crippen molar-refractivity contribution >= 4 is 12.1 Å². The van der Waals surface area contributed by atoms with E-state index in [4.69, 9.17) is 9.47 Å². The average Bonchev–Trinajstić information content (AvgIpc) is 2.32. The number of amides is 1. The maximum atomic E-state index is 11.8. The molecule has 21 heavy (non-hydrogen) atoms. The van der Waals surface area contributed by atoms with Gasteiger partial charge in [0, 0.05) is 6.54 Å². The molecule has 0 rings (SSSR count). The van der Waals surface area contributed by atoms with Crippen LogP contribution in [0.15, 0.2) is 0 Å². The first kappa shape index (κ1) is 19.7. The van der Waals surface area contributed by atoms with Gasteiger partial charge in [0.05, 0.1) is 6.61 Å².